The topological polar surface area (TPSA) is 90.0 Å². The summed E-state index contributed by atoms with van der Waals surface area (Å²) in [5.41, 5.74) is 8.00. The van der Waals surface area contributed by atoms with Gasteiger partial charge in [-0.25, -0.2) is 0 Å². The number of hydrogen-bond acceptors (Lipinski definition) is 3. The lowest BCUT2D eigenvalue weighted by atomic mass is 10.1. The smallest absolute Gasteiger partial charge is 0.251 e. The molecular weight excluding hydrogens is 268 g/mol. The lowest BCUT2D eigenvalue weighted by molar-refractivity contribution is 0.0937. The molecule has 6 heteroatoms. The first-order valence-electron chi connectivity index (χ1n) is 6.59. The lowest BCUT2D eigenvalue weighted by Gasteiger charge is -2.14. The van der Waals surface area contributed by atoms with E-state index in [-0.39, 0.29) is 11.9 Å². The van der Waals surface area contributed by atoms with Crippen LogP contribution in [0.2, 0.25) is 0 Å². The fraction of sp³-hybridized carbons (Fsp3) is 0.267. The summed E-state index contributed by atoms with van der Waals surface area (Å²) in [5.74, 6) is -0.719. The maximum absolute atomic E-state index is 12.2. The van der Waals surface area contributed by atoms with Gasteiger partial charge in [-0.15, -0.1) is 0 Å². The van der Waals surface area contributed by atoms with Gasteiger partial charge in [-0.3, -0.25) is 14.3 Å². The second-order valence-corrected chi connectivity index (χ2v) is 4.95. The monoisotopic (exact) mass is 286 g/mol. The van der Waals surface area contributed by atoms with Crippen molar-refractivity contribution in [2.45, 2.75) is 19.9 Å². The third-order valence-electron chi connectivity index (χ3n) is 3.52. The van der Waals surface area contributed by atoms with Gasteiger partial charge in [0.2, 0.25) is 5.91 Å². The molecule has 1 aromatic carbocycles. The molecular formula is C15H18N4O2. The Balaban J connectivity index is 2.10. The Bertz CT molecular complexity index is 673. The molecule has 6 nitrogen and oxygen atoms in total. The van der Waals surface area contributed by atoms with E-state index in [1.807, 2.05) is 20.9 Å². The van der Waals surface area contributed by atoms with Crippen LogP contribution in [-0.4, -0.2) is 21.6 Å². The molecule has 2 amide bonds. The molecule has 21 heavy (non-hydrogen) atoms. The fourth-order valence-electron chi connectivity index (χ4n) is 2.08. The third-order valence-corrected chi connectivity index (χ3v) is 3.52. The number of carbonyl (C=O) groups is 2. The second-order valence-electron chi connectivity index (χ2n) is 4.95. The molecule has 0 aliphatic heterocycles. The summed E-state index contributed by atoms with van der Waals surface area (Å²) in [7, 11) is 1.86. The zero-order chi connectivity index (χ0) is 15.6. The zero-order valence-corrected chi connectivity index (χ0v) is 12.3. The highest BCUT2D eigenvalue weighted by molar-refractivity contribution is 5.97. The Morgan fingerprint density at radius 2 is 1.81 bits per heavy atom. The van der Waals surface area contributed by atoms with E-state index in [9.17, 15) is 9.59 Å². The van der Waals surface area contributed by atoms with Crippen molar-refractivity contribution >= 4 is 11.8 Å². The van der Waals surface area contributed by atoms with Crippen molar-refractivity contribution in [1.29, 1.82) is 0 Å². The number of nitrogens with zero attached hydrogens (tertiary/aromatic N) is 2. The van der Waals surface area contributed by atoms with Crippen LogP contribution in [0.1, 0.15) is 44.9 Å². The highest BCUT2D eigenvalue weighted by Gasteiger charge is 2.15. The van der Waals surface area contributed by atoms with Crippen molar-refractivity contribution < 1.29 is 9.59 Å². The molecule has 0 radical (unpaired) electrons. The van der Waals surface area contributed by atoms with Gasteiger partial charge in [0.05, 0.1) is 12.2 Å². The lowest BCUT2D eigenvalue weighted by Crippen LogP contribution is -2.27. The van der Waals surface area contributed by atoms with Gasteiger partial charge in [-0.1, -0.05) is 0 Å². The van der Waals surface area contributed by atoms with Crippen LogP contribution in [-0.2, 0) is 7.05 Å². The van der Waals surface area contributed by atoms with Crippen LogP contribution < -0.4 is 11.1 Å². The molecule has 0 fully saturated rings. The number of aromatic nitrogens is 2. The Labute approximate surface area is 122 Å². The molecule has 1 aromatic heterocycles. The molecule has 2 aromatic rings. The van der Waals surface area contributed by atoms with Crippen molar-refractivity contribution in [1.82, 2.24) is 15.1 Å². The molecule has 1 unspecified atom stereocenters. The molecule has 0 saturated heterocycles. The van der Waals surface area contributed by atoms with Gasteiger partial charge in [-0.05, 0) is 38.1 Å². The van der Waals surface area contributed by atoms with Gasteiger partial charge in [0.25, 0.3) is 5.91 Å². The van der Waals surface area contributed by atoms with Crippen molar-refractivity contribution in [2.75, 3.05) is 0 Å². The van der Waals surface area contributed by atoms with Crippen molar-refractivity contribution in [2.24, 2.45) is 12.8 Å². The predicted octanol–water partition coefficient (Wildman–Crippen LogP) is 1.32. The summed E-state index contributed by atoms with van der Waals surface area (Å²) in [6, 6.07) is 6.09. The van der Waals surface area contributed by atoms with E-state index in [2.05, 4.69) is 10.4 Å². The minimum Gasteiger partial charge on any atom is -0.366 e. The summed E-state index contributed by atoms with van der Waals surface area (Å²) >= 11 is 0. The van der Waals surface area contributed by atoms with Gasteiger partial charge >= 0.3 is 0 Å². The number of primary amides is 1. The first kappa shape index (κ1) is 14.8. The number of hydrogen-bond donors (Lipinski definition) is 2. The van der Waals surface area contributed by atoms with Crippen molar-refractivity contribution in [3.8, 4) is 0 Å². The first-order valence-corrected chi connectivity index (χ1v) is 6.59. The maximum atomic E-state index is 12.2. The molecule has 110 valence electrons. The van der Waals surface area contributed by atoms with Crippen LogP contribution in [0.15, 0.2) is 30.5 Å². The molecule has 1 atom stereocenters. The molecule has 0 spiro atoms. The van der Waals surface area contributed by atoms with Crippen molar-refractivity contribution in [3.05, 3.63) is 52.8 Å². The zero-order valence-electron chi connectivity index (χ0n) is 12.3. The van der Waals surface area contributed by atoms with Gasteiger partial charge in [0.15, 0.2) is 0 Å². The van der Waals surface area contributed by atoms with E-state index in [0.717, 1.165) is 11.3 Å². The van der Waals surface area contributed by atoms with Crippen LogP contribution in [0.4, 0.5) is 0 Å². The van der Waals surface area contributed by atoms with Crippen LogP contribution in [0.5, 0.6) is 0 Å². The Kier molecular flexibility index (Phi) is 4.07. The van der Waals surface area contributed by atoms with Crippen LogP contribution in [0.3, 0.4) is 0 Å². The highest BCUT2D eigenvalue weighted by atomic mass is 16.2. The molecule has 3 N–H and O–H groups in total. The van der Waals surface area contributed by atoms with Crippen LogP contribution in [0, 0.1) is 6.92 Å². The summed E-state index contributed by atoms with van der Waals surface area (Å²) in [4.78, 5) is 23.2. The number of rotatable bonds is 4. The Morgan fingerprint density at radius 1 is 1.24 bits per heavy atom. The quantitative estimate of drug-likeness (QED) is 0.888. The van der Waals surface area contributed by atoms with Gasteiger partial charge < -0.3 is 11.1 Å². The SMILES string of the molecule is Cc1c(C(C)NC(=O)c2ccc(C(N)=O)cc2)cnn1C. The van der Waals surface area contributed by atoms with E-state index in [1.54, 1.807) is 23.0 Å². The summed E-state index contributed by atoms with van der Waals surface area (Å²) < 4.78 is 1.76. The summed E-state index contributed by atoms with van der Waals surface area (Å²) in [5, 5.41) is 7.07. The minimum atomic E-state index is -0.513. The van der Waals surface area contributed by atoms with Crippen LogP contribution >= 0.6 is 0 Å². The van der Waals surface area contributed by atoms with Gasteiger partial charge in [0.1, 0.15) is 0 Å². The largest absolute Gasteiger partial charge is 0.366 e. The normalized spacial score (nSPS) is 12.0. The van der Waals surface area contributed by atoms with E-state index < -0.39 is 5.91 Å². The molecule has 1 heterocycles. The van der Waals surface area contributed by atoms with E-state index in [4.69, 9.17) is 5.73 Å². The number of nitrogens with one attached hydrogen (secondary N) is 1. The average molecular weight is 286 g/mol. The number of carbonyl (C=O) groups excluding carboxylic acids is 2. The maximum Gasteiger partial charge on any atom is 0.251 e. The average Bonchev–Trinajstić information content (AvgIpc) is 2.79. The summed E-state index contributed by atoms with van der Waals surface area (Å²) in [6.07, 6.45) is 1.75. The highest BCUT2D eigenvalue weighted by Crippen LogP contribution is 2.16. The van der Waals surface area contributed by atoms with E-state index >= 15 is 0 Å². The van der Waals surface area contributed by atoms with Gasteiger partial charge in [-0.2, -0.15) is 5.10 Å². The molecule has 2 rings (SSSR count). The van der Waals surface area contributed by atoms with Gasteiger partial charge in [0, 0.05) is 29.4 Å². The van der Waals surface area contributed by atoms with Crippen molar-refractivity contribution in [3.63, 3.8) is 0 Å². The standard InChI is InChI=1S/C15H18N4O2/c1-9(13-8-17-19(3)10(13)2)18-15(21)12-6-4-11(5-7-12)14(16)20/h4-9H,1-3H3,(H2,16,20)(H,18,21). The number of aryl methyl sites for hydroxylation is 1. The number of amides is 2. The third kappa shape index (κ3) is 3.10. The molecule has 0 aliphatic carbocycles. The Hall–Kier alpha value is -2.63. The number of benzene rings is 1. The van der Waals surface area contributed by atoms with Crippen LogP contribution in [0.25, 0.3) is 0 Å². The molecule has 0 bridgehead atoms. The molecule has 0 saturated carbocycles. The second kappa shape index (κ2) is 5.78. The van der Waals surface area contributed by atoms with E-state index in [1.165, 1.54) is 12.1 Å². The Morgan fingerprint density at radius 3 is 2.29 bits per heavy atom. The number of nitrogens with two attached hydrogens (primary N) is 1. The van der Waals surface area contributed by atoms with E-state index in [0.29, 0.717) is 11.1 Å². The fourth-order valence-corrected chi connectivity index (χ4v) is 2.08. The first-order chi connectivity index (χ1) is 9.90. The summed E-state index contributed by atoms with van der Waals surface area (Å²) in [6.45, 7) is 3.85. The minimum absolute atomic E-state index is 0.151. The molecule has 0 aliphatic rings. The predicted molar refractivity (Wildman–Crippen MR) is 78.8 cm³/mol.